The van der Waals surface area contributed by atoms with Gasteiger partial charge < -0.3 is 9.80 Å². The molecular formula is C16H15Cl3N4O. The van der Waals surface area contributed by atoms with Gasteiger partial charge in [0.1, 0.15) is 17.3 Å². The van der Waals surface area contributed by atoms with E-state index in [9.17, 15) is 4.79 Å². The van der Waals surface area contributed by atoms with Gasteiger partial charge in [-0.1, -0.05) is 40.9 Å². The van der Waals surface area contributed by atoms with E-state index < -0.39 is 0 Å². The SMILES string of the molecule is O=C(Cc1c(Cl)cccc1Cl)N1CCN(c2cc(Cl)ncn2)CC1. The Morgan fingerprint density at radius 2 is 1.71 bits per heavy atom. The van der Waals surface area contributed by atoms with Gasteiger partial charge >= 0.3 is 0 Å². The summed E-state index contributed by atoms with van der Waals surface area (Å²) in [6.07, 6.45) is 1.65. The number of amides is 1. The second-order valence-electron chi connectivity index (χ2n) is 5.44. The zero-order valence-electron chi connectivity index (χ0n) is 12.8. The van der Waals surface area contributed by atoms with Crippen LogP contribution in [0.3, 0.4) is 0 Å². The molecule has 1 fully saturated rings. The second kappa shape index (κ2) is 7.55. The van der Waals surface area contributed by atoms with Crippen LogP contribution in [0.5, 0.6) is 0 Å². The summed E-state index contributed by atoms with van der Waals surface area (Å²) in [4.78, 5) is 24.5. The Balaban J connectivity index is 1.61. The van der Waals surface area contributed by atoms with Crippen LogP contribution in [0.15, 0.2) is 30.6 Å². The van der Waals surface area contributed by atoms with Crippen LogP contribution in [-0.2, 0) is 11.2 Å². The van der Waals surface area contributed by atoms with Crippen molar-refractivity contribution in [2.45, 2.75) is 6.42 Å². The molecule has 1 aromatic heterocycles. The molecule has 0 N–H and O–H groups in total. The first-order chi connectivity index (χ1) is 11.5. The quantitative estimate of drug-likeness (QED) is 0.761. The smallest absolute Gasteiger partial charge is 0.227 e. The van der Waals surface area contributed by atoms with Gasteiger partial charge in [-0.25, -0.2) is 9.97 Å². The highest BCUT2D eigenvalue weighted by molar-refractivity contribution is 6.36. The molecule has 0 aliphatic carbocycles. The Hall–Kier alpha value is -1.56. The summed E-state index contributed by atoms with van der Waals surface area (Å²) in [7, 11) is 0. The van der Waals surface area contributed by atoms with Crippen LogP contribution < -0.4 is 4.90 Å². The van der Waals surface area contributed by atoms with E-state index >= 15 is 0 Å². The fourth-order valence-electron chi connectivity index (χ4n) is 2.65. The Bertz CT molecular complexity index is 728. The van der Waals surface area contributed by atoms with E-state index in [1.165, 1.54) is 6.33 Å². The van der Waals surface area contributed by atoms with Crippen LogP contribution in [0.4, 0.5) is 5.82 Å². The predicted molar refractivity (Wildman–Crippen MR) is 96.0 cm³/mol. The first kappa shape index (κ1) is 17.3. The largest absolute Gasteiger partial charge is 0.353 e. The topological polar surface area (TPSA) is 49.3 Å². The lowest BCUT2D eigenvalue weighted by Gasteiger charge is -2.35. The summed E-state index contributed by atoms with van der Waals surface area (Å²) in [5, 5.41) is 1.45. The lowest BCUT2D eigenvalue weighted by atomic mass is 10.1. The third-order valence-electron chi connectivity index (χ3n) is 3.97. The van der Waals surface area contributed by atoms with Gasteiger partial charge in [-0.2, -0.15) is 0 Å². The van der Waals surface area contributed by atoms with Crippen molar-refractivity contribution in [1.29, 1.82) is 0 Å². The highest BCUT2D eigenvalue weighted by Gasteiger charge is 2.23. The fraction of sp³-hybridized carbons (Fsp3) is 0.312. The Morgan fingerprint density at radius 1 is 1.04 bits per heavy atom. The molecule has 0 spiro atoms. The minimum absolute atomic E-state index is 0.0189. The van der Waals surface area contributed by atoms with E-state index in [1.807, 2.05) is 4.90 Å². The summed E-state index contributed by atoms with van der Waals surface area (Å²) in [5.41, 5.74) is 0.677. The van der Waals surface area contributed by atoms with Gasteiger partial charge in [0.25, 0.3) is 0 Å². The Kier molecular flexibility index (Phi) is 5.43. The van der Waals surface area contributed by atoms with Crippen molar-refractivity contribution in [2.24, 2.45) is 0 Å². The molecule has 0 unspecified atom stereocenters. The van der Waals surface area contributed by atoms with Crippen molar-refractivity contribution >= 4 is 46.5 Å². The number of nitrogens with zero attached hydrogens (tertiary/aromatic N) is 4. The molecular weight excluding hydrogens is 371 g/mol. The van der Waals surface area contributed by atoms with Gasteiger partial charge in [0.15, 0.2) is 0 Å². The van der Waals surface area contributed by atoms with Crippen LogP contribution in [0, 0.1) is 0 Å². The molecule has 2 aromatic rings. The number of carbonyl (C=O) groups is 1. The number of benzene rings is 1. The summed E-state index contributed by atoms with van der Waals surface area (Å²) < 4.78 is 0. The third kappa shape index (κ3) is 3.91. The van der Waals surface area contributed by atoms with Gasteiger partial charge in [-0.3, -0.25) is 4.79 Å². The molecule has 24 heavy (non-hydrogen) atoms. The van der Waals surface area contributed by atoms with Gasteiger partial charge in [0, 0.05) is 42.3 Å². The maximum absolute atomic E-state index is 12.5. The van der Waals surface area contributed by atoms with E-state index in [-0.39, 0.29) is 12.3 Å². The van der Waals surface area contributed by atoms with Crippen LogP contribution in [0.1, 0.15) is 5.56 Å². The van der Waals surface area contributed by atoms with E-state index in [1.54, 1.807) is 24.3 Å². The number of hydrogen-bond donors (Lipinski definition) is 0. The van der Waals surface area contributed by atoms with Gasteiger partial charge in [-0.05, 0) is 17.7 Å². The highest BCUT2D eigenvalue weighted by atomic mass is 35.5. The molecule has 0 radical (unpaired) electrons. The number of piperazine rings is 1. The minimum atomic E-state index is 0.0189. The van der Waals surface area contributed by atoms with Crippen LogP contribution >= 0.6 is 34.8 Å². The first-order valence-electron chi connectivity index (χ1n) is 7.48. The van der Waals surface area contributed by atoms with E-state index in [4.69, 9.17) is 34.8 Å². The van der Waals surface area contributed by atoms with Crippen molar-refractivity contribution in [3.63, 3.8) is 0 Å². The summed E-state index contributed by atoms with van der Waals surface area (Å²) in [6.45, 7) is 2.61. The molecule has 0 atom stereocenters. The Morgan fingerprint density at radius 3 is 2.33 bits per heavy atom. The van der Waals surface area contributed by atoms with Crippen LogP contribution in [0.2, 0.25) is 15.2 Å². The molecule has 1 amide bonds. The fourth-order valence-corrected chi connectivity index (χ4v) is 3.32. The molecule has 126 valence electrons. The molecule has 1 aliphatic heterocycles. The average molecular weight is 386 g/mol. The summed E-state index contributed by atoms with van der Waals surface area (Å²) in [5.74, 6) is 0.793. The van der Waals surface area contributed by atoms with Gasteiger partial charge in [-0.15, -0.1) is 0 Å². The van der Waals surface area contributed by atoms with Crippen molar-refractivity contribution < 1.29 is 4.79 Å². The standard InChI is InChI=1S/C16H15Cl3N4O/c17-12-2-1-3-13(18)11(12)8-16(24)23-6-4-22(5-7-23)15-9-14(19)20-10-21-15/h1-3,9-10H,4-8H2. The molecule has 2 heterocycles. The second-order valence-corrected chi connectivity index (χ2v) is 6.65. The van der Waals surface area contributed by atoms with Crippen molar-refractivity contribution in [1.82, 2.24) is 14.9 Å². The number of anilines is 1. The molecule has 1 aromatic carbocycles. The maximum atomic E-state index is 12.5. The van der Waals surface area contributed by atoms with Crippen LogP contribution in [-0.4, -0.2) is 47.0 Å². The van der Waals surface area contributed by atoms with Crippen molar-refractivity contribution in [2.75, 3.05) is 31.1 Å². The van der Waals surface area contributed by atoms with Gasteiger partial charge in [0.2, 0.25) is 5.91 Å². The van der Waals surface area contributed by atoms with E-state index in [0.29, 0.717) is 46.9 Å². The van der Waals surface area contributed by atoms with Crippen molar-refractivity contribution in [3.8, 4) is 0 Å². The number of hydrogen-bond acceptors (Lipinski definition) is 4. The molecule has 5 nitrogen and oxygen atoms in total. The summed E-state index contributed by atoms with van der Waals surface area (Å²) >= 11 is 18.2. The number of carbonyl (C=O) groups excluding carboxylic acids is 1. The zero-order chi connectivity index (χ0) is 17.1. The normalized spacial score (nSPS) is 14.8. The molecule has 1 saturated heterocycles. The number of halogens is 3. The monoisotopic (exact) mass is 384 g/mol. The highest BCUT2D eigenvalue weighted by Crippen LogP contribution is 2.25. The molecule has 3 rings (SSSR count). The predicted octanol–water partition coefficient (Wildman–Crippen LogP) is 3.33. The number of rotatable bonds is 3. The first-order valence-corrected chi connectivity index (χ1v) is 8.61. The van der Waals surface area contributed by atoms with E-state index in [2.05, 4.69) is 14.9 Å². The summed E-state index contributed by atoms with van der Waals surface area (Å²) in [6, 6.07) is 6.98. The van der Waals surface area contributed by atoms with E-state index in [0.717, 1.165) is 5.82 Å². The lowest BCUT2D eigenvalue weighted by Crippen LogP contribution is -2.49. The zero-order valence-corrected chi connectivity index (χ0v) is 15.0. The molecule has 1 aliphatic rings. The number of aromatic nitrogens is 2. The molecule has 8 heteroatoms. The average Bonchev–Trinajstić information content (AvgIpc) is 2.58. The maximum Gasteiger partial charge on any atom is 0.227 e. The minimum Gasteiger partial charge on any atom is -0.353 e. The third-order valence-corrected chi connectivity index (χ3v) is 4.88. The lowest BCUT2D eigenvalue weighted by molar-refractivity contribution is -0.130. The molecule has 0 saturated carbocycles. The van der Waals surface area contributed by atoms with Gasteiger partial charge in [0.05, 0.1) is 6.42 Å². The van der Waals surface area contributed by atoms with Crippen LogP contribution in [0.25, 0.3) is 0 Å². The molecule has 0 bridgehead atoms. The Labute approximate surface area is 155 Å². The van der Waals surface area contributed by atoms with Crippen molar-refractivity contribution in [3.05, 3.63) is 51.4 Å².